The zero-order valence-corrected chi connectivity index (χ0v) is 9.27. The molecule has 0 aliphatic carbocycles. The molecular weight excluding hydrogens is 222 g/mol. The van der Waals surface area contributed by atoms with Gasteiger partial charge in [-0.05, 0) is 12.8 Å². The Balaban J connectivity index is 0.000000336. The number of unbranched alkanes of at least 4 members (excludes halogenated alkanes) is 1. The molecular formula is C8H14FN2O3P. The summed E-state index contributed by atoms with van der Waals surface area (Å²) in [6.45, 7) is 2.18. The Morgan fingerprint density at radius 1 is 1.47 bits per heavy atom. The van der Waals surface area contributed by atoms with Crippen LogP contribution in [0.1, 0.15) is 25.5 Å². The Kier molecular flexibility index (Phi) is 7.03. The van der Waals surface area contributed by atoms with Crippen LogP contribution >= 0.6 is 7.91 Å². The van der Waals surface area contributed by atoms with Crippen LogP contribution in [-0.4, -0.2) is 19.8 Å². The Hall–Kier alpha value is -0.840. The Bertz CT molecular complexity index is 296. The number of halogens is 1. The first-order valence-electron chi connectivity index (χ1n) is 4.43. The summed E-state index contributed by atoms with van der Waals surface area (Å²) in [6.07, 6.45) is 8.76. The minimum absolute atomic E-state index is 1.06. The SMILES string of the molecule is CCCCc1cnccn1.O=P(O)(O)F. The molecule has 1 heterocycles. The molecule has 1 rings (SSSR count). The van der Waals surface area contributed by atoms with Crippen LogP contribution in [0.15, 0.2) is 18.6 Å². The number of nitrogens with zero attached hydrogens (tertiary/aromatic N) is 2. The number of hydrogen-bond acceptors (Lipinski definition) is 3. The van der Waals surface area contributed by atoms with Crippen LogP contribution in [0, 0.1) is 0 Å². The summed E-state index contributed by atoms with van der Waals surface area (Å²) in [4.78, 5) is 22.1. The average molecular weight is 236 g/mol. The maximum atomic E-state index is 10.4. The van der Waals surface area contributed by atoms with E-state index in [1.807, 2.05) is 6.20 Å². The number of aryl methyl sites for hydroxylation is 1. The first-order chi connectivity index (χ1) is 6.93. The van der Waals surface area contributed by atoms with Crippen molar-refractivity contribution in [2.45, 2.75) is 26.2 Å². The van der Waals surface area contributed by atoms with E-state index in [1.54, 1.807) is 12.4 Å². The maximum Gasteiger partial charge on any atom is 0.507 e. The van der Waals surface area contributed by atoms with E-state index >= 15 is 0 Å². The van der Waals surface area contributed by atoms with Crippen LogP contribution in [0.2, 0.25) is 0 Å². The number of hydrogen-bond donors (Lipinski definition) is 2. The largest absolute Gasteiger partial charge is 0.507 e. The van der Waals surface area contributed by atoms with E-state index in [2.05, 4.69) is 16.9 Å². The predicted molar refractivity (Wildman–Crippen MR) is 53.8 cm³/mol. The highest BCUT2D eigenvalue weighted by molar-refractivity contribution is 7.45. The van der Waals surface area contributed by atoms with Gasteiger partial charge in [-0.2, -0.15) is 0 Å². The molecule has 0 atom stereocenters. The van der Waals surface area contributed by atoms with Gasteiger partial charge in [0.05, 0.1) is 5.69 Å². The normalized spacial score (nSPS) is 10.4. The summed E-state index contributed by atoms with van der Waals surface area (Å²) in [6, 6.07) is 0. The first-order valence-corrected chi connectivity index (χ1v) is 5.94. The zero-order chi connectivity index (χ0) is 11.7. The smallest absolute Gasteiger partial charge is 0.299 e. The van der Waals surface area contributed by atoms with E-state index < -0.39 is 7.91 Å². The third kappa shape index (κ3) is 13.2. The van der Waals surface area contributed by atoms with E-state index in [9.17, 15) is 4.20 Å². The molecule has 0 bridgehead atoms. The van der Waals surface area contributed by atoms with Crippen LogP contribution < -0.4 is 0 Å². The monoisotopic (exact) mass is 236 g/mol. The highest BCUT2D eigenvalue weighted by atomic mass is 31.2. The van der Waals surface area contributed by atoms with Gasteiger partial charge >= 0.3 is 7.91 Å². The molecule has 0 aliphatic heterocycles. The molecule has 0 saturated heterocycles. The van der Waals surface area contributed by atoms with Gasteiger partial charge in [0.2, 0.25) is 0 Å². The van der Waals surface area contributed by atoms with Crippen molar-refractivity contribution in [3.8, 4) is 0 Å². The van der Waals surface area contributed by atoms with Gasteiger partial charge in [-0.15, -0.1) is 4.20 Å². The molecule has 0 aliphatic rings. The molecule has 0 aromatic carbocycles. The summed E-state index contributed by atoms with van der Waals surface area (Å²) < 4.78 is 19.0. The quantitative estimate of drug-likeness (QED) is 0.782. The highest BCUT2D eigenvalue weighted by Crippen LogP contribution is 2.34. The van der Waals surface area contributed by atoms with Gasteiger partial charge in [-0.25, -0.2) is 4.57 Å². The van der Waals surface area contributed by atoms with Gasteiger partial charge in [0.25, 0.3) is 0 Å². The molecule has 15 heavy (non-hydrogen) atoms. The topological polar surface area (TPSA) is 83.3 Å². The first kappa shape index (κ1) is 14.2. The molecule has 0 unspecified atom stereocenters. The van der Waals surface area contributed by atoms with Gasteiger partial charge in [0, 0.05) is 18.6 Å². The van der Waals surface area contributed by atoms with Crippen LogP contribution in [0.3, 0.4) is 0 Å². The Morgan fingerprint density at radius 2 is 2.07 bits per heavy atom. The minimum atomic E-state index is -5.14. The summed E-state index contributed by atoms with van der Waals surface area (Å²) in [5, 5.41) is 0. The van der Waals surface area contributed by atoms with Crippen molar-refractivity contribution < 1.29 is 18.5 Å². The van der Waals surface area contributed by atoms with Crippen molar-refractivity contribution in [3.05, 3.63) is 24.3 Å². The fourth-order valence-corrected chi connectivity index (χ4v) is 0.817. The molecule has 1 aromatic heterocycles. The fourth-order valence-electron chi connectivity index (χ4n) is 0.817. The summed E-state index contributed by atoms with van der Waals surface area (Å²) in [5.74, 6) is 0. The molecule has 0 fully saturated rings. The third-order valence-electron chi connectivity index (χ3n) is 1.40. The molecule has 0 amide bonds. The second kappa shape index (κ2) is 7.45. The van der Waals surface area contributed by atoms with Gasteiger partial charge < -0.3 is 0 Å². The molecule has 0 saturated carbocycles. The average Bonchev–Trinajstić information content (AvgIpc) is 2.14. The lowest BCUT2D eigenvalue weighted by Gasteiger charge is -1.94. The number of rotatable bonds is 3. The van der Waals surface area contributed by atoms with Crippen molar-refractivity contribution in [1.29, 1.82) is 0 Å². The van der Waals surface area contributed by atoms with Crippen molar-refractivity contribution in [2.75, 3.05) is 0 Å². The summed E-state index contributed by atoms with van der Waals surface area (Å²) in [5.41, 5.74) is 1.10. The van der Waals surface area contributed by atoms with Gasteiger partial charge in [0.15, 0.2) is 0 Å². The van der Waals surface area contributed by atoms with Crippen molar-refractivity contribution in [1.82, 2.24) is 9.97 Å². The molecule has 2 N–H and O–H groups in total. The van der Waals surface area contributed by atoms with E-state index in [-0.39, 0.29) is 0 Å². The second-order valence-electron chi connectivity index (χ2n) is 2.77. The van der Waals surface area contributed by atoms with E-state index in [0.29, 0.717) is 0 Å². The zero-order valence-electron chi connectivity index (χ0n) is 8.38. The fraction of sp³-hybridized carbons (Fsp3) is 0.500. The summed E-state index contributed by atoms with van der Waals surface area (Å²) in [7, 11) is -5.14. The van der Waals surface area contributed by atoms with E-state index in [0.717, 1.165) is 12.1 Å². The van der Waals surface area contributed by atoms with Crippen molar-refractivity contribution >= 4 is 7.91 Å². The van der Waals surface area contributed by atoms with Gasteiger partial charge in [-0.3, -0.25) is 19.8 Å². The standard InChI is InChI=1S/C8H12N2.FH2O3P/c1-2-3-4-8-7-9-5-6-10-8;1-5(2,3)4/h5-7H,2-4H2,1H3;(H2,2,3,4). The molecule has 0 radical (unpaired) electrons. The molecule has 1 aromatic rings. The van der Waals surface area contributed by atoms with Crippen molar-refractivity contribution in [2.24, 2.45) is 0 Å². The Morgan fingerprint density at radius 3 is 2.47 bits per heavy atom. The van der Waals surface area contributed by atoms with Gasteiger partial charge in [-0.1, -0.05) is 13.3 Å². The Labute approximate surface area is 87.7 Å². The predicted octanol–water partition coefficient (Wildman–Crippen LogP) is 1.87. The van der Waals surface area contributed by atoms with Gasteiger partial charge in [0.1, 0.15) is 0 Å². The second-order valence-corrected chi connectivity index (χ2v) is 3.72. The maximum absolute atomic E-state index is 10.4. The van der Waals surface area contributed by atoms with E-state index in [4.69, 9.17) is 14.4 Å². The van der Waals surface area contributed by atoms with Crippen LogP contribution in [-0.2, 0) is 11.0 Å². The van der Waals surface area contributed by atoms with Crippen LogP contribution in [0.25, 0.3) is 0 Å². The van der Waals surface area contributed by atoms with Crippen LogP contribution in [0.5, 0.6) is 0 Å². The lowest BCUT2D eigenvalue weighted by Crippen LogP contribution is -1.89. The third-order valence-corrected chi connectivity index (χ3v) is 1.40. The number of aromatic nitrogens is 2. The molecule has 5 nitrogen and oxygen atoms in total. The van der Waals surface area contributed by atoms with Crippen LogP contribution in [0.4, 0.5) is 4.20 Å². The highest BCUT2D eigenvalue weighted by Gasteiger charge is 2.04. The minimum Gasteiger partial charge on any atom is -0.299 e. The molecule has 7 heteroatoms. The van der Waals surface area contributed by atoms with Crippen molar-refractivity contribution in [3.63, 3.8) is 0 Å². The molecule has 86 valence electrons. The summed E-state index contributed by atoms with van der Waals surface area (Å²) >= 11 is 0. The van der Waals surface area contributed by atoms with E-state index in [1.165, 1.54) is 12.8 Å². The lowest BCUT2D eigenvalue weighted by atomic mass is 10.2. The lowest BCUT2D eigenvalue weighted by molar-refractivity contribution is 0.322. The molecule has 0 spiro atoms.